The van der Waals surface area contributed by atoms with Gasteiger partial charge in [0.25, 0.3) is 5.91 Å². The molecule has 7 rings (SSSR count). The number of likely N-dealkylation sites (tertiary alicyclic amines) is 1. The second-order valence-electron chi connectivity index (χ2n) is 16.4. The van der Waals surface area contributed by atoms with Gasteiger partial charge in [-0.1, -0.05) is 31.0 Å². The molecule has 10 nitrogen and oxygen atoms in total. The quantitative estimate of drug-likeness (QED) is 0.347. The highest BCUT2D eigenvalue weighted by molar-refractivity contribution is 7.90. The van der Waals surface area contributed by atoms with Crippen molar-refractivity contribution in [2.75, 3.05) is 56.8 Å². The van der Waals surface area contributed by atoms with E-state index < -0.39 is 21.2 Å². The van der Waals surface area contributed by atoms with Crippen LogP contribution in [0.5, 0.6) is 5.75 Å². The Morgan fingerprint density at radius 3 is 2.47 bits per heavy atom. The van der Waals surface area contributed by atoms with Crippen molar-refractivity contribution in [3.8, 4) is 5.75 Å². The minimum atomic E-state index is -3.94. The number of aliphatic hydroxyl groups is 1. The van der Waals surface area contributed by atoms with Crippen LogP contribution in [0.3, 0.4) is 0 Å². The van der Waals surface area contributed by atoms with Crippen molar-refractivity contribution in [2.45, 2.75) is 89.4 Å². The molecule has 3 fully saturated rings. The minimum Gasteiger partial charge on any atom is -0.487 e. The van der Waals surface area contributed by atoms with Crippen LogP contribution in [0.25, 0.3) is 0 Å². The largest absolute Gasteiger partial charge is 0.487 e. The molecule has 0 spiro atoms. The van der Waals surface area contributed by atoms with Crippen LogP contribution >= 0.6 is 23.2 Å². The van der Waals surface area contributed by atoms with Crippen LogP contribution in [0.1, 0.15) is 80.3 Å². The number of aryl methyl sites for hydroxylation is 1. The lowest BCUT2D eigenvalue weighted by atomic mass is 9.65. The predicted molar refractivity (Wildman–Crippen MR) is 207 cm³/mol. The number of nitrogens with one attached hydrogen (secondary N) is 1. The number of anilines is 1. The Balaban J connectivity index is 1.16. The molecular weight excluding hydrogens is 737 g/mol. The van der Waals surface area contributed by atoms with Crippen molar-refractivity contribution in [3.05, 3.63) is 58.1 Å². The third-order valence-electron chi connectivity index (χ3n) is 12.9. The highest BCUT2D eigenvalue weighted by atomic mass is 35.5. The maximum atomic E-state index is 13.6. The van der Waals surface area contributed by atoms with Crippen LogP contribution < -0.4 is 14.4 Å². The Hall–Kier alpha value is -2.12. The van der Waals surface area contributed by atoms with Gasteiger partial charge in [0.15, 0.2) is 6.29 Å². The molecule has 53 heavy (non-hydrogen) atoms. The second kappa shape index (κ2) is 16.5. The summed E-state index contributed by atoms with van der Waals surface area (Å²) >= 11 is 12.6. The smallest absolute Gasteiger partial charge is 0.264 e. The van der Waals surface area contributed by atoms with Gasteiger partial charge in [0, 0.05) is 54.0 Å². The SMILES string of the molecule is C[C@@H]1[C@@H](C)CCC[C@H]([C@H]2OC[C@@H](N3CC(CO)(CCl)C3)CO2)[C@@H]2CC[C@H]2CN2CCCCc3cc(Cl)ccc3COc3ccc(cc32)C(=O)NS1(=O)=O. The van der Waals surface area contributed by atoms with Crippen LogP contribution in [0.2, 0.25) is 5.02 Å². The number of sulfonamides is 1. The number of nitrogens with zero attached hydrogens (tertiary/aromatic N) is 2. The highest BCUT2D eigenvalue weighted by Gasteiger charge is 2.48. The van der Waals surface area contributed by atoms with Gasteiger partial charge in [-0.3, -0.25) is 9.69 Å². The summed E-state index contributed by atoms with van der Waals surface area (Å²) in [5.74, 6) is 1.26. The molecule has 2 saturated heterocycles. The fourth-order valence-electron chi connectivity index (χ4n) is 9.06. The van der Waals surface area contributed by atoms with Crippen LogP contribution in [0.15, 0.2) is 36.4 Å². The number of carbonyl (C=O) groups excluding carboxylic acids is 1. The van der Waals surface area contributed by atoms with Crippen molar-refractivity contribution in [1.82, 2.24) is 9.62 Å². The number of benzene rings is 2. The van der Waals surface area contributed by atoms with Gasteiger partial charge < -0.3 is 24.2 Å². The predicted octanol–water partition coefficient (Wildman–Crippen LogP) is 6.25. The molecule has 2 aromatic carbocycles. The Morgan fingerprint density at radius 2 is 1.75 bits per heavy atom. The van der Waals surface area contributed by atoms with Crippen LogP contribution in [0, 0.1) is 29.1 Å². The fourth-order valence-corrected chi connectivity index (χ4v) is 10.8. The standard InChI is InChI=1S/C40H55Cl2N3O7S/c1-26-6-5-8-35(39-51-20-33(21-52-39)45-23-40(22-41,24-45)25-46)34-13-10-30(34)18-44-15-4-3-7-28-16-32(42)12-9-31(28)19-50-37-14-11-29(17-36(37)44)38(47)43-53(48,49)27(26)2/h9,11-12,14,16-17,26-27,30,33-35,39,46H,3-8,10,13,15,18-25H2,1-2H3,(H,43,47)/t26-,27+,30-,33-,34+,35-,39+/m0/s1. The molecule has 1 amide bonds. The maximum Gasteiger partial charge on any atom is 0.264 e. The van der Waals surface area contributed by atoms with Gasteiger partial charge in [-0.25, -0.2) is 13.1 Å². The first-order valence-corrected chi connectivity index (χ1v) is 21.9. The molecule has 13 heteroatoms. The number of alkyl halides is 1. The summed E-state index contributed by atoms with van der Waals surface area (Å²) in [6, 6.07) is 11.4. The molecule has 5 aliphatic rings. The van der Waals surface area contributed by atoms with E-state index in [9.17, 15) is 18.3 Å². The normalized spacial score (nSPS) is 32.4. The van der Waals surface area contributed by atoms with E-state index in [4.69, 9.17) is 37.4 Å². The number of carbonyl (C=O) groups is 1. The van der Waals surface area contributed by atoms with Gasteiger partial charge in [0.05, 0.1) is 36.8 Å². The third kappa shape index (κ3) is 8.52. The highest BCUT2D eigenvalue weighted by Crippen LogP contribution is 2.47. The van der Waals surface area contributed by atoms with Gasteiger partial charge in [0.1, 0.15) is 12.4 Å². The second-order valence-corrected chi connectivity index (χ2v) is 19.2. The molecule has 4 aliphatic heterocycles. The number of ether oxygens (including phenoxy) is 3. The van der Waals surface area contributed by atoms with Gasteiger partial charge >= 0.3 is 0 Å². The average Bonchev–Trinajstić information content (AvgIpc) is 3.15. The first-order valence-electron chi connectivity index (χ1n) is 19.5. The first-order chi connectivity index (χ1) is 25.5. The molecule has 0 radical (unpaired) electrons. The number of hydrogen-bond donors (Lipinski definition) is 2. The maximum absolute atomic E-state index is 13.6. The van der Waals surface area contributed by atoms with E-state index >= 15 is 0 Å². The number of rotatable bonds is 4. The molecule has 2 bridgehead atoms. The van der Waals surface area contributed by atoms with Crippen LogP contribution in [-0.4, -0.2) is 93.8 Å². The van der Waals surface area contributed by atoms with E-state index in [1.807, 2.05) is 37.3 Å². The minimum absolute atomic E-state index is 0.0807. The zero-order chi connectivity index (χ0) is 37.3. The molecular formula is C40H55Cl2N3O7S. The summed E-state index contributed by atoms with van der Waals surface area (Å²) in [4.78, 5) is 18.2. The molecule has 2 aromatic rings. The number of aliphatic hydroxyl groups excluding tert-OH is 1. The third-order valence-corrected chi connectivity index (χ3v) is 15.6. The summed E-state index contributed by atoms with van der Waals surface area (Å²) in [5, 5.41) is 9.82. The summed E-state index contributed by atoms with van der Waals surface area (Å²) in [5.41, 5.74) is 3.12. The van der Waals surface area contributed by atoms with E-state index in [-0.39, 0.29) is 36.2 Å². The topological polar surface area (TPSA) is 118 Å². The summed E-state index contributed by atoms with van der Waals surface area (Å²) < 4.78 is 49.1. The van der Waals surface area contributed by atoms with Crippen molar-refractivity contribution in [2.24, 2.45) is 29.1 Å². The van der Waals surface area contributed by atoms with E-state index in [0.29, 0.717) is 60.3 Å². The monoisotopic (exact) mass is 791 g/mol. The summed E-state index contributed by atoms with van der Waals surface area (Å²) in [6.45, 7) is 8.27. The van der Waals surface area contributed by atoms with Crippen molar-refractivity contribution >= 4 is 44.8 Å². The van der Waals surface area contributed by atoms with Gasteiger partial charge in [-0.05, 0) is 111 Å². The van der Waals surface area contributed by atoms with Gasteiger partial charge in [-0.2, -0.15) is 0 Å². The molecule has 4 heterocycles. The number of amides is 1. The lowest BCUT2D eigenvalue weighted by Crippen LogP contribution is -2.65. The average molecular weight is 793 g/mol. The van der Waals surface area contributed by atoms with E-state index in [2.05, 4.69) is 14.5 Å². The van der Waals surface area contributed by atoms with Gasteiger partial charge in [-0.15, -0.1) is 11.6 Å². The van der Waals surface area contributed by atoms with Crippen molar-refractivity contribution in [3.63, 3.8) is 0 Å². The fraction of sp³-hybridized carbons (Fsp3) is 0.675. The van der Waals surface area contributed by atoms with Crippen molar-refractivity contribution in [1.29, 1.82) is 0 Å². The zero-order valence-corrected chi connectivity index (χ0v) is 33.3. The lowest BCUT2D eigenvalue weighted by molar-refractivity contribution is -0.253. The number of fused-ring (bicyclic) bond motifs is 3. The molecule has 292 valence electrons. The Morgan fingerprint density at radius 1 is 0.962 bits per heavy atom. The lowest BCUT2D eigenvalue weighted by Gasteiger charge is -2.53. The molecule has 0 aromatic heterocycles. The molecule has 1 saturated carbocycles. The number of halogens is 2. The van der Waals surface area contributed by atoms with E-state index in [0.717, 1.165) is 82.4 Å². The molecule has 2 N–H and O–H groups in total. The Labute approximate surface area is 324 Å². The first kappa shape index (κ1) is 39.1. The molecule has 0 unspecified atom stereocenters. The summed E-state index contributed by atoms with van der Waals surface area (Å²) in [7, 11) is -3.94. The molecule has 1 aliphatic carbocycles. The number of hydrogen-bond acceptors (Lipinski definition) is 9. The Bertz CT molecular complexity index is 1710. The molecule has 5 atom stereocenters. The van der Waals surface area contributed by atoms with Crippen LogP contribution in [-0.2, 0) is 32.5 Å². The van der Waals surface area contributed by atoms with Gasteiger partial charge in [0.2, 0.25) is 10.0 Å². The van der Waals surface area contributed by atoms with Crippen molar-refractivity contribution < 1.29 is 32.5 Å². The van der Waals surface area contributed by atoms with Crippen LogP contribution in [0.4, 0.5) is 5.69 Å². The summed E-state index contributed by atoms with van der Waals surface area (Å²) in [6.07, 6.45) is 7.05. The Kier molecular flexibility index (Phi) is 12.2. The zero-order valence-electron chi connectivity index (χ0n) is 31.0. The van der Waals surface area contributed by atoms with E-state index in [1.54, 1.807) is 13.0 Å². The van der Waals surface area contributed by atoms with E-state index in [1.165, 1.54) is 5.56 Å².